The number of methoxy groups -OCH3 is 2. The Kier molecular flexibility index (Phi) is 28.9. The van der Waals surface area contributed by atoms with E-state index in [4.69, 9.17) is 9.47 Å². The van der Waals surface area contributed by atoms with Crippen molar-refractivity contribution < 1.29 is 9.47 Å². The number of hydrogen-bond acceptors (Lipinski definition) is 2. The molecule has 0 fully saturated rings. The molecular formula is C35H72O2. The molecule has 0 aliphatic rings. The van der Waals surface area contributed by atoms with Gasteiger partial charge in [-0.15, -0.1) is 0 Å². The van der Waals surface area contributed by atoms with Crippen LogP contribution >= 0.6 is 0 Å². The van der Waals surface area contributed by atoms with Crippen molar-refractivity contribution in [1.82, 2.24) is 0 Å². The first kappa shape index (κ1) is 36.9. The van der Waals surface area contributed by atoms with Crippen molar-refractivity contribution >= 4 is 0 Å². The predicted octanol–water partition coefficient (Wildman–Crippen LogP) is 12.6. The Balaban J connectivity index is 3.85. The first-order chi connectivity index (χ1) is 18.2. The van der Waals surface area contributed by atoms with Gasteiger partial charge in [0.1, 0.15) is 0 Å². The van der Waals surface area contributed by atoms with Crippen LogP contribution in [0.5, 0.6) is 0 Å². The van der Waals surface area contributed by atoms with Crippen molar-refractivity contribution in [2.24, 2.45) is 5.92 Å². The highest BCUT2D eigenvalue weighted by Crippen LogP contribution is 2.36. The highest BCUT2D eigenvalue weighted by atomic mass is 16.7. The fourth-order valence-corrected chi connectivity index (χ4v) is 6.22. The van der Waals surface area contributed by atoms with E-state index in [0.717, 1.165) is 12.8 Å². The van der Waals surface area contributed by atoms with E-state index in [0.29, 0.717) is 5.92 Å². The summed E-state index contributed by atoms with van der Waals surface area (Å²) in [4.78, 5) is 0. The molecule has 0 aromatic heterocycles. The summed E-state index contributed by atoms with van der Waals surface area (Å²) < 4.78 is 12.1. The first-order valence-electron chi connectivity index (χ1n) is 17.3. The molecule has 0 heterocycles. The maximum absolute atomic E-state index is 6.05. The maximum Gasteiger partial charge on any atom is 0.170 e. The molecule has 0 rings (SSSR count). The minimum atomic E-state index is -0.368. The molecule has 0 saturated carbocycles. The average molecular weight is 525 g/mol. The number of rotatable bonds is 31. The van der Waals surface area contributed by atoms with Gasteiger partial charge in [0.05, 0.1) is 0 Å². The largest absolute Gasteiger partial charge is 0.353 e. The van der Waals surface area contributed by atoms with Gasteiger partial charge in [-0.25, -0.2) is 0 Å². The molecule has 2 heteroatoms. The van der Waals surface area contributed by atoms with Gasteiger partial charge in [-0.05, 0) is 12.8 Å². The van der Waals surface area contributed by atoms with Crippen LogP contribution in [-0.4, -0.2) is 20.0 Å². The summed E-state index contributed by atoms with van der Waals surface area (Å²) in [7, 11) is 3.73. The zero-order chi connectivity index (χ0) is 27.3. The normalized spacial score (nSPS) is 12.9. The summed E-state index contributed by atoms with van der Waals surface area (Å²) >= 11 is 0. The van der Waals surface area contributed by atoms with E-state index in [9.17, 15) is 0 Å². The summed E-state index contributed by atoms with van der Waals surface area (Å²) in [6, 6.07) is 0. The standard InChI is InChI=1S/C35H72O2/c1-6-9-11-13-15-16-17-18-19-20-21-22-23-24-25-26-28-30-32-34(31-29-27-14-12-10-7-2)35(36-4,37-5)33-8-3/h34H,6-33H2,1-5H3. The van der Waals surface area contributed by atoms with E-state index >= 15 is 0 Å². The third-order valence-corrected chi connectivity index (χ3v) is 8.72. The van der Waals surface area contributed by atoms with E-state index in [-0.39, 0.29) is 5.79 Å². The van der Waals surface area contributed by atoms with Gasteiger partial charge in [0, 0.05) is 26.6 Å². The van der Waals surface area contributed by atoms with Crippen molar-refractivity contribution in [1.29, 1.82) is 0 Å². The van der Waals surface area contributed by atoms with Crippen molar-refractivity contribution in [3.05, 3.63) is 0 Å². The molecular weight excluding hydrogens is 452 g/mol. The molecule has 0 aliphatic heterocycles. The molecule has 0 amide bonds. The highest BCUT2D eigenvalue weighted by Gasteiger charge is 2.37. The first-order valence-corrected chi connectivity index (χ1v) is 17.3. The lowest BCUT2D eigenvalue weighted by Gasteiger charge is -2.39. The van der Waals surface area contributed by atoms with Gasteiger partial charge in [-0.3, -0.25) is 0 Å². The molecule has 0 bridgehead atoms. The van der Waals surface area contributed by atoms with Crippen molar-refractivity contribution in [2.45, 2.75) is 206 Å². The molecule has 0 radical (unpaired) electrons. The molecule has 0 saturated heterocycles. The second kappa shape index (κ2) is 28.9. The number of ether oxygens (including phenoxy) is 2. The van der Waals surface area contributed by atoms with E-state index < -0.39 is 0 Å². The van der Waals surface area contributed by atoms with Gasteiger partial charge in [0.15, 0.2) is 5.79 Å². The van der Waals surface area contributed by atoms with Gasteiger partial charge in [0.25, 0.3) is 0 Å². The second-order valence-corrected chi connectivity index (χ2v) is 12.0. The van der Waals surface area contributed by atoms with Crippen molar-refractivity contribution in [3.63, 3.8) is 0 Å². The van der Waals surface area contributed by atoms with Crippen LogP contribution in [0, 0.1) is 5.92 Å². The third kappa shape index (κ3) is 21.4. The molecule has 224 valence electrons. The van der Waals surface area contributed by atoms with Crippen LogP contribution in [0.2, 0.25) is 0 Å². The summed E-state index contributed by atoms with van der Waals surface area (Å²) in [5.41, 5.74) is 0. The second-order valence-electron chi connectivity index (χ2n) is 12.0. The van der Waals surface area contributed by atoms with Crippen LogP contribution in [0.25, 0.3) is 0 Å². The Morgan fingerprint density at radius 1 is 0.378 bits per heavy atom. The summed E-state index contributed by atoms with van der Waals surface area (Å²) in [5.74, 6) is 0.168. The van der Waals surface area contributed by atoms with Gasteiger partial charge in [-0.2, -0.15) is 0 Å². The zero-order valence-corrected chi connectivity index (χ0v) is 26.7. The van der Waals surface area contributed by atoms with Crippen molar-refractivity contribution in [2.75, 3.05) is 14.2 Å². The summed E-state index contributed by atoms with van der Waals surface area (Å²) in [5, 5.41) is 0. The quantitative estimate of drug-likeness (QED) is 0.0663. The highest BCUT2D eigenvalue weighted by molar-refractivity contribution is 4.79. The van der Waals surface area contributed by atoms with Crippen LogP contribution in [0.3, 0.4) is 0 Å². The van der Waals surface area contributed by atoms with Crippen LogP contribution in [0.4, 0.5) is 0 Å². The molecule has 0 N–H and O–H groups in total. The van der Waals surface area contributed by atoms with Gasteiger partial charge < -0.3 is 9.47 Å². The molecule has 0 aromatic rings. The topological polar surface area (TPSA) is 18.5 Å². The van der Waals surface area contributed by atoms with E-state index in [1.54, 1.807) is 0 Å². The Morgan fingerprint density at radius 3 is 0.892 bits per heavy atom. The van der Waals surface area contributed by atoms with E-state index in [1.165, 1.54) is 167 Å². The molecule has 0 spiro atoms. The minimum absolute atomic E-state index is 0.368. The predicted molar refractivity (Wildman–Crippen MR) is 167 cm³/mol. The maximum atomic E-state index is 6.05. The Labute approximate surface area is 235 Å². The fourth-order valence-electron chi connectivity index (χ4n) is 6.22. The van der Waals surface area contributed by atoms with Crippen molar-refractivity contribution in [3.8, 4) is 0 Å². The fraction of sp³-hybridized carbons (Fsp3) is 1.00. The van der Waals surface area contributed by atoms with Crippen LogP contribution < -0.4 is 0 Å². The molecule has 0 aromatic carbocycles. The van der Waals surface area contributed by atoms with Crippen LogP contribution in [0.1, 0.15) is 201 Å². The average Bonchev–Trinajstić information content (AvgIpc) is 2.92. The Bertz CT molecular complexity index is 417. The van der Waals surface area contributed by atoms with Crippen LogP contribution in [0.15, 0.2) is 0 Å². The molecule has 0 aliphatic carbocycles. The monoisotopic (exact) mass is 525 g/mol. The smallest absolute Gasteiger partial charge is 0.170 e. The van der Waals surface area contributed by atoms with Gasteiger partial charge in [0.2, 0.25) is 0 Å². The lowest BCUT2D eigenvalue weighted by Crippen LogP contribution is -2.42. The third-order valence-electron chi connectivity index (χ3n) is 8.72. The number of unbranched alkanes of at least 4 members (excludes halogenated alkanes) is 22. The minimum Gasteiger partial charge on any atom is -0.353 e. The lowest BCUT2D eigenvalue weighted by molar-refractivity contribution is -0.247. The zero-order valence-electron chi connectivity index (χ0n) is 26.7. The molecule has 1 unspecified atom stereocenters. The summed E-state index contributed by atoms with van der Waals surface area (Å²) in [6.45, 7) is 6.86. The Morgan fingerprint density at radius 2 is 0.649 bits per heavy atom. The molecule has 37 heavy (non-hydrogen) atoms. The molecule has 1 atom stereocenters. The Hall–Kier alpha value is -0.0800. The van der Waals surface area contributed by atoms with Gasteiger partial charge >= 0.3 is 0 Å². The van der Waals surface area contributed by atoms with E-state index in [1.807, 2.05) is 14.2 Å². The van der Waals surface area contributed by atoms with E-state index in [2.05, 4.69) is 20.8 Å². The SMILES string of the molecule is CCCCCCCCCCCCCCCCCCCCC(CCCCCCCC)C(CCC)(OC)OC. The molecule has 2 nitrogen and oxygen atoms in total. The summed E-state index contributed by atoms with van der Waals surface area (Å²) in [6.07, 6.45) is 38.7. The van der Waals surface area contributed by atoms with Gasteiger partial charge in [-0.1, -0.05) is 181 Å². The number of hydrogen-bond donors (Lipinski definition) is 0. The lowest BCUT2D eigenvalue weighted by atomic mass is 9.84. The van der Waals surface area contributed by atoms with Crippen LogP contribution in [-0.2, 0) is 9.47 Å².